The molecule has 1 aromatic rings. The Morgan fingerprint density at radius 1 is 0.800 bits per heavy atom. The topological polar surface area (TPSA) is 141 Å². The van der Waals surface area contributed by atoms with Crippen LogP contribution in [0.25, 0.3) is 0 Å². The Morgan fingerprint density at radius 3 is 1.70 bits per heavy atom. The fraction of sp³-hybridized carbons (Fsp3) is 0.0769. The maximum Gasteiger partial charge on any atom is 0.343 e. The van der Waals surface area contributed by atoms with E-state index in [9.17, 15) is 19.2 Å². The highest BCUT2D eigenvalue weighted by molar-refractivity contribution is 6.45. The van der Waals surface area contributed by atoms with Crippen molar-refractivity contribution in [3.63, 3.8) is 0 Å². The maximum absolute atomic E-state index is 12.0. The molecule has 0 atom stereocenters. The zero-order chi connectivity index (χ0) is 12.9. The number of hydrogen-bond donors (Lipinski definition) is 0. The lowest BCUT2D eigenvalue weighted by Crippen LogP contribution is -2.13. The molecule has 0 bridgehead atoms. The van der Waals surface area contributed by atoms with Gasteiger partial charge in [-0.2, -0.15) is 0 Å². The molecule has 0 radical (unpaired) electrons. The van der Waals surface area contributed by atoms with E-state index in [1.165, 1.54) is 12.1 Å². The van der Waals surface area contributed by atoms with Crippen molar-refractivity contribution in [3.05, 3.63) is 46.5 Å². The Morgan fingerprint density at radius 2 is 1.30 bits per heavy atom. The molecule has 7 heteroatoms. The standard InChI is InChI=1S/C13H6O5.2H2O/c14-8-5-18-13(17)9(8)10-11(15)6-3-1-2-4-7(6)12(10)16;;/h1-4H,5H2;2*1H2. The number of cyclic esters (lactones) is 1. The van der Waals surface area contributed by atoms with Crippen LogP contribution in [0.5, 0.6) is 0 Å². The van der Waals surface area contributed by atoms with E-state index in [4.69, 9.17) is 0 Å². The zero-order valence-corrected chi connectivity index (χ0v) is 10.1. The van der Waals surface area contributed by atoms with Crippen molar-refractivity contribution in [2.24, 2.45) is 0 Å². The number of benzene rings is 1. The first kappa shape index (κ1) is 15.4. The van der Waals surface area contributed by atoms with Crippen molar-refractivity contribution in [3.8, 4) is 0 Å². The van der Waals surface area contributed by atoms with Gasteiger partial charge in [0.2, 0.25) is 5.78 Å². The molecule has 0 unspecified atom stereocenters. The van der Waals surface area contributed by atoms with Gasteiger partial charge in [0.25, 0.3) is 0 Å². The molecule has 0 amide bonds. The Kier molecular flexibility index (Phi) is 3.97. The molecule has 1 aromatic carbocycles. The van der Waals surface area contributed by atoms with Crippen molar-refractivity contribution >= 4 is 23.3 Å². The molecule has 0 aromatic heterocycles. The Bertz CT molecular complexity index is 614. The van der Waals surface area contributed by atoms with Gasteiger partial charge in [0, 0.05) is 11.1 Å². The highest BCUT2D eigenvalue weighted by Gasteiger charge is 2.42. The third-order valence-corrected chi connectivity index (χ3v) is 2.94. The largest absolute Gasteiger partial charge is 0.454 e. The summed E-state index contributed by atoms with van der Waals surface area (Å²) in [6.45, 7) is -0.408. The number of esters is 1. The minimum atomic E-state index is -0.899. The highest BCUT2D eigenvalue weighted by Crippen LogP contribution is 2.30. The first-order valence-electron chi connectivity index (χ1n) is 5.24. The summed E-state index contributed by atoms with van der Waals surface area (Å²) in [5.41, 5.74) is -0.333. The number of hydrogen-bond acceptors (Lipinski definition) is 5. The Labute approximate surface area is 112 Å². The average Bonchev–Trinajstić information content (AvgIpc) is 2.81. The quantitative estimate of drug-likeness (QED) is 0.334. The molecule has 1 heterocycles. The van der Waals surface area contributed by atoms with Gasteiger partial charge in [-0.15, -0.1) is 0 Å². The zero-order valence-electron chi connectivity index (χ0n) is 10.1. The van der Waals surface area contributed by atoms with Gasteiger partial charge in [-0.1, -0.05) is 24.3 Å². The van der Waals surface area contributed by atoms with Crippen LogP contribution in [0, 0.1) is 0 Å². The normalized spacial score (nSPS) is 16.6. The number of carbonyl (C=O) groups excluding carboxylic acids is 4. The molecule has 7 nitrogen and oxygen atoms in total. The van der Waals surface area contributed by atoms with Crippen LogP contribution in [-0.4, -0.2) is 40.9 Å². The summed E-state index contributed by atoms with van der Waals surface area (Å²) < 4.78 is 4.53. The summed E-state index contributed by atoms with van der Waals surface area (Å²) in [5, 5.41) is 0. The Hall–Kier alpha value is -2.64. The van der Waals surface area contributed by atoms with E-state index in [-0.39, 0.29) is 27.7 Å². The first-order valence-corrected chi connectivity index (χ1v) is 5.24. The lowest BCUT2D eigenvalue weighted by molar-refractivity contribution is -0.135. The molecule has 1 aliphatic heterocycles. The minimum Gasteiger partial charge on any atom is -0.454 e. The van der Waals surface area contributed by atoms with Gasteiger partial charge in [-0.25, -0.2) is 4.79 Å². The van der Waals surface area contributed by atoms with Crippen molar-refractivity contribution in [1.29, 1.82) is 0 Å². The van der Waals surface area contributed by atoms with Crippen molar-refractivity contribution in [2.75, 3.05) is 6.61 Å². The van der Waals surface area contributed by atoms with E-state index in [2.05, 4.69) is 4.74 Å². The molecule has 1 aliphatic carbocycles. The maximum atomic E-state index is 12.0. The molecule has 0 spiro atoms. The van der Waals surface area contributed by atoms with Crippen LogP contribution >= 0.6 is 0 Å². The SMILES string of the molecule is O.O.O=C1COC(=O)C1=C1C(=O)c2ccccc2C1=O. The second-order valence-electron chi connectivity index (χ2n) is 3.95. The van der Waals surface area contributed by atoms with Gasteiger partial charge in [-0.05, 0) is 0 Å². The predicted octanol–water partition coefficient (Wildman–Crippen LogP) is -1.16. The van der Waals surface area contributed by atoms with Crippen LogP contribution in [0.15, 0.2) is 35.4 Å². The molecular weight excluding hydrogens is 268 g/mol. The van der Waals surface area contributed by atoms with Gasteiger partial charge < -0.3 is 15.7 Å². The Balaban J connectivity index is 0.000001000. The summed E-state index contributed by atoms with van der Waals surface area (Å²) >= 11 is 0. The molecule has 20 heavy (non-hydrogen) atoms. The number of fused-ring (bicyclic) bond motifs is 1. The highest BCUT2D eigenvalue weighted by atomic mass is 16.5. The first-order chi connectivity index (χ1) is 8.61. The lowest BCUT2D eigenvalue weighted by atomic mass is 10.0. The van der Waals surface area contributed by atoms with E-state index < -0.39 is 35.5 Å². The molecule has 0 saturated carbocycles. The van der Waals surface area contributed by atoms with E-state index in [0.717, 1.165) is 0 Å². The smallest absolute Gasteiger partial charge is 0.343 e. The van der Waals surface area contributed by atoms with Gasteiger partial charge in [0.05, 0.1) is 5.57 Å². The van der Waals surface area contributed by atoms with E-state index in [1.807, 2.05) is 0 Å². The molecule has 3 rings (SSSR count). The number of rotatable bonds is 0. The van der Waals surface area contributed by atoms with Gasteiger partial charge >= 0.3 is 5.97 Å². The summed E-state index contributed by atoms with van der Waals surface area (Å²) in [6, 6.07) is 6.22. The third-order valence-electron chi connectivity index (χ3n) is 2.94. The molecule has 4 N–H and O–H groups in total. The van der Waals surface area contributed by atoms with Crippen LogP contribution in [0.1, 0.15) is 20.7 Å². The predicted molar refractivity (Wildman–Crippen MR) is 65.3 cm³/mol. The van der Waals surface area contributed by atoms with Gasteiger partial charge in [0.1, 0.15) is 5.57 Å². The molecular formula is C13H10O7. The van der Waals surface area contributed by atoms with Crippen molar-refractivity contribution < 1.29 is 34.9 Å². The number of ketones is 3. The van der Waals surface area contributed by atoms with Crippen LogP contribution < -0.4 is 0 Å². The van der Waals surface area contributed by atoms with Gasteiger partial charge in [-0.3, -0.25) is 14.4 Å². The number of allylic oxidation sites excluding steroid dienone is 1. The van der Waals surface area contributed by atoms with E-state index >= 15 is 0 Å². The number of Topliss-reactive ketones (excluding diaryl/α,β-unsaturated/α-hetero) is 3. The van der Waals surface area contributed by atoms with Crippen LogP contribution in [-0.2, 0) is 14.3 Å². The number of carbonyl (C=O) groups is 4. The van der Waals surface area contributed by atoms with E-state index in [0.29, 0.717) is 0 Å². The number of ether oxygens (including phenoxy) is 1. The van der Waals surface area contributed by atoms with Crippen molar-refractivity contribution in [2.45, 2.75) is 0 Å². The molecule has 2 aliphatic rings. The second-order valence-corrected chi connectivity index (χ2v) is 3.95. The van der Waals surface area contributed by atoms with E-state index in [1.54, 1.807) is 12.1 Å². The average molecular weight is 278 g/mol. The molecule has 1 fully saturated rings. The van der Waals surface area contributed by atoms with Crippen LogP contribution in [0.3, 0.4) is 0 Å². The monoisotopic (exact) mass is 278 g/mol. The molecule has 104 valence electrons. The minimum absolute atomic E-state index is 0. The molecule has 1 saturated heterocycles. The summed E-state index contributed by atoms with van der Waals surface area (Å²) in [4.78, 5) is 47.0. The van der Waals surface area contributed by atoms with Gasteiger partial charge in [0.15, 0.2) is 18.2 Å². The van der Waals surface area contributed by atoms with Crippen LogP contribution in [0.4, 0.5) is 0 Å². The summed E-state index contributed by atoms with van der Waals surface area (Å²) in [7, 11) is 0. The summed E-state index contributed by atoms with van der Waals surface area (Å²) in [5.74, 6) is -2.69. The third kappa shape index (κ3) is 1.85. The van der Waals surface area contributed by atoms with Crippen molar-refractivity contribution in [1.82, 2.24) is 0 Å². The fourth-order valence-corrected chi connectivity index (χ4v) is 2.11. The lowest BCUT2D eigenvalue weighted by Gasteiger charge is -1.95. The second kappa shape index (κ2) is 5.16. The fourth-order valence-electron chi connectivity index (χ4n) is 2.11. The summed E-state index contributed by atoms with van der Waals surface area (Å²) in [6.07, 6.45) is 0. The van der Waals surface area contributed by atoms with Crippen LogP contribution in [0.2, 0.25) is 0 Å².